The van der Waals surface area contributed by atoms with E-state index in [1.165, 1.54) is 19.0 Å². The SMILES string of the molecule is CO/C(O)=C1/C(=O)N(Cc2ccccc2)c2ncnc3c2C1N(CCc1c[nH]c2ccccc12)C(c1ccccc1)=C3. The molecule has 0 saturated heterocycles. The minimum Gasteiger partial charge on any atom is -0.481 e. The van der Waals surface area contributed by atoms with Gasteiger partial charge in [0, 0.05) is 34.9 Å². The Morgan fingerprint density at radius 1 is 0.976 bits per heavy atom. The number of aliphatic hydroxyl groups excluding tert-OH is 1. The number of amides is 1. The van der Waals surface area contributed by atoms with Gasteiger partial charge in [0.15, 0.2) is 0 Å². The van der Waals surface area contributed by atoms with E-state index in [1.807, 2.05) is 79.0 Å². The highest BCUT2D eigenvalue weighted by molar-refractivity contribution is 6.10. The molecule has 0 spiro atoms. The molecule has 0 radical (unpaired) electrons. The molecule has 7 rings (SSSR count). The normalized spacial score (nSPS) is 17.2. The molecule has 0 aliphatic carbocycles. The number of hydrogen-bond donors (Lipinski definition) is 2. The van der Waals surface area contributed by atoms with Gasteiger partial charge in [-0.25, -0.2) is 9.97 Å². The van der Waals surface area contributed by atoms with E-state index in [-0.39, 0.29) is 11.5 Å². The van der Waals surface area contributed by atoms with Gasteiger partial charge >= 0.3 is 0 Å². The number of ether oxygens (including phenoxy) is 1. The van der Waals surface area contributed by atoms with Gasteiger partial charge in [-0.15, -0.1) is 0 Å². The van der Waals surface area contributed by atoms with Gasteiger partial charge in [0.1, 0.15) is 17.7 Å². The van der Waals surface area contributed by atoms with Crippen LogP contribution in [-0.4, -0.2) is 44.5 Å². The molecular weight excluding hydrogens is 526 g/mol. The quantitative estimate of drug-likeness (QED) is 0.188. The lowest BCUT2D eigenvalue weighted by Crippen LogP contribution is -2.46. The molecule has 5 aromatic rings. The Kier molecular flexibility index (Phi) is 6.43. The van der Waals surface area contributed by atoms with Gasteiger partial charge in [-0.3, -0.25) is 9.69 Å². The second kappa shape index (κ2) is 10.6. The van der Waals surface area contributed by atoms with E-state index >= 15 is 0 Å². The maximum absolute atomic E-state index is 14.3. The Labute approximate surface area is 243 Å². The van der Waals surface area contributed by atoms with Crippen LogP contribution in [0, 0.1) is 0 Å². The Morgan fingerprint density at radius 3 is 2.50 bits per heavy atom. The maximum Gasteiger partial charge on any atom is 0.287 e. The molecule has 42 heavy (non-hydrogen) atoms. The summed E-state index contributed by atoms with van der Waals surface area (Å²) in [6.45, 7) is 0.856. The smallest absolute Gasteiger partial charge is 0.287 e. The first kappa shape index (κ1) is 25.6. The molecular formula is C34H29N5O3. The summed E-state index contributed by atoms with van der Waals surface area (Å²) in [6, 6.07) is 27.4. The lowest BCUT2D eigenvalue weighted by atomic mass is 9.86. The topological polar surface area (TPSA) is 94.6 Å². The van der Waals surface area contributed by atoms with E-state index in [2.05, 4.69) is 38.1 Å². The summed E-state index contributed by atoms with van der Waals surface area (Å²) in [6.07, 6.45) is 6.30. The number of rotatable bonds is 7. The van der Waals surface area contributed by atoms with Crippen molar-refractivity contribution in [3.63, 3.8) is 0 Å². The van der Waals surface area contributed by atoms with Crippen molar-refractivity contribution in [1.29, 1.82) is 0 Å². The number of carbonyl (C=O) groups is 1. The molecule has 1 amide bonds. The number of nitrogens with one attached hydrogen (secondary N) is 1. The predicted octanol–water partition coefficient (Wildman–Crippen LogP) is 6.02. The molecule has 1 atom stereocenters. The van der Waals surface area contributed by atoms with Gasteiger partial charge < -0.3 is 19.7 Å². The summed E-state index contributed by atoms with van der Waals surface area (Å²) in [7, 11) is 1.38. The van der Waals surface area contributed by atoms with Gasteiger partial charge in [0.2, 0.25) is 0 Å². The number of benzene rings is 3. The van der Waals surface area contributed by atoms with Crippen LogP contribution in [0.25, 0.3) is 22.7 Å². The number of nitrogens with zero attached hydrogens (tertiary/aromatic N) is 4. The molecule has 2 N–H and O–H groups in total. The van der Waals surface area contributed by atoms with E-state index in [0.717, 1.165) is 33.3 Å². The molecule has 208 valence electrons. The zero-order valence-electron chi connectivity index (χ0n) is 23.1. The monoisotopic (exact) mass is 555 g/mol. The van der Waals surface area contributed by atoms with Crippen molar-refractivity contribution in [2.75, 3.05) is 18.6 Å². The average molecular weight is 556 g/mol. The Bertz CT molecular complexity index is 1850. The first-order chi connectivity index (χ1) is 20.6. The summed E-state index contributed by atoms with van der Waals surface area (Å²) in [5.74, 6) is -0.228. The van der Waals surface area contributed by atoms with Crippen molar-refractivity contribution in [3.05, 3.63) is 137 Å². The van der Waals surface area contributed by atoms with Crippen molar-refractivity contribution < 1.29 is 14.6 Å². The molecule has 4 heterocycles. The molecule has 0 bridgehead atoms. The van der Waals surface area contributed by atoms with Gasteiger partial charge in [0.05, 0.1) is 25.4 Å². The third kappa shape index (κ3) is 4.28. The molecule has 3 aromatic carbocycles. The highest BCUT2D eigenvalue weighted by atomic mass is 16.6. The summed E-state index contributed by atoms with van der Waals surface area (Å²) in [4.78, 5) is 30.8. The minimum atomic E-state index is -0.652. The fourth-order valence-corrected chi connectivity index (χ4v) is 6.08. The van der Waals surface area contributed by atoms with Crippen LogP contribution >= 0.6 is 0 Å². The summed E-state index contributed by atoms with van der Waals surface area (Å²) in [5, 5.41) is 12.3. The standard InChI is InChI=1S/C34H29N5O3/c1-42-34(41)30-31-29-27(36-21-37-32(29)39(33(30)40)20-22-10-4-2-5-11-22)18-28(23-12-6-3-7-13-23)38(31)17-16-24-19-35-26-15-9-8-14-25(24)26/h2-15,18-19,21,31,35,41H,16-17,20H2,1H3/b34-30+. The lowest BCUT2D eigenvalue weighted by molar-refractivity contribution is -0.117. The highest BCUT2D eigenvalue weighted by Crippen LogP contribution is 2.49. The van der Waals surface area contributed by atoms with E-state index < -0.39 is 12.0 Å². The van der Waals surface area contributed by atoms with E-state index in [1.54, 1.807) is 4.90 Å². The number of methoxy groups -OCH3 is 1. The lowest BCUT2D eigenvalue weighted by Gasteiger charge is -2.44. The first-order valence-corrected chi connectivity index (χ1v) is 13.9. The molecule has 0 saturated carbocycles. The van der Waals surface area contributed by atoms with Crippen molar-refractivity contribution in [2.45, 2.75) is 19.0 Å². The molecule has 2 aromatic heterocycles. The molecule has 2 aliphatic heterocycles. The molecule has 8 nitrogen and oxygen atoms in total. The highest BCUT2D eigenvalue weighted by Gasteiger charge is 2.47. The van der Waals surface area contributed by atoms with Crippen molar-refractivity contribution in [2.24, 2.45) is 0 Å². The second-order valence-electron chi connectivity index (χ2n) is 10.4. The van der Waals surface area contributed by atoms with E-state index in [4.69, 9.17) is 4.74 Å². The van der Waals surface area contributed by atoms with Gasteiger partial charge in [-0.2, -0.15) is 0 Å². The number of aromatic nitrogens is 3. The van der Waals surface area contributed by atoms with Crippen LogP contribution in [0.4, 0.5) is 5.82 Å². The van der Waals surface area contributed by atoms with Gasteiger partial charge in [-0.05, 0) is 35.3 Å². The molecule has 0 fully saturated rings. The van der Waals surface area contributed by atoms with Crippen molar-refractivity contribution in [1.82, 2.24) is 19.9 Å². The van der Waals surface area contributed by atoms with Crippen LogP contribution in [0.3, 0.4) is 0 Å². The van der Waals surface area contributed by atoms with Crippen LogP contribution in [0.15, 0.2) is 109 Å². The maximum atomic E-state index is 14.3. The third-order valence-corrected chi connectivity index (χ3v) is 8.04. The van der Waals surface area contributed by atoms with Gasteiger partial charge in [0.25, 0.3) is 11.9 Å². The van der Waals surface area contributed by atoms with Crippen molar-refractivity contribution >= 4 is 34.4 Å². The fraction of sp³-hybridized carbons (Fsp3) is 0.147. The summed E-state index contributed by atoms with van der Waals surface area (Å²) in [5.41, 5.74) is 6.72. The first-order valence-electron chi connectivity index (χ1n) is 13.9. The number of aliphatic hydroxyl groups is 1. The Morgan fingerprint density at radius 2 is 1.71 bits per heavy atom. The number of para-hydroxylation sites is 1. The number of H-pyrrole nitrogens is 1. The third-order valence-electron chi connectivity index (χ3n) is 8.04. The van der Waals surface area contributed by atoms with Crippen LogP contribution in [-0.2, 0) is 22.5 Å². The van der Waals surface area contributed by atoms with Crippen LogP contribution in [0.5, 0.6) is 0 Å². The predicted molar refractivity (Wildman–Crippen MR) is 162 cm³/mol. The second-order valence-corrected chi connectivity index (χ2v) is 10.4. The van der Waals surface area contributed by atoms with E-state index in [9.17, 15) is 9.90 Å². The zero-order valence-corrected chi connectivity index (χ0v) is 23.1. The number of fused-ring (bicyclic) bond motifs is 1. The summed E-state index contributed by atoms with van der Waals surface area (Å²) < 4.78 is 5.36. The van der Waals surface area contributed by atoms with E-state index in [0.29, 0.717) is 31.0 Å². The number of anilines is 1. The van der Waals surface area contributed by atoms with Crippen molar-refractivity contribution in [3.8, 4) is 0 Å². The Balaban J connectivity index is 1.40. The fourth-order valence-electron chi connectivity index (χ4n) is 6.08. The Hall–Kier alpha value is -5.37. The molecule has 1 unspecified atom stereocenters. The van der Waals surface area contributed by atoms with Gasteiger partial charge in [-0.1, -0.05) is 78.9 Å². The number of aromatic amines is 1. The zero-order chi connectivity index (χ0) is 28.6. The minimum absolute atomic E-state index is 0.164. The van der Waals surface area contributed by atoms with Crippen LogP contribution in [0.2, 0.25) is 0 Å². The summed E-state index contributed by atoms with van der Waals surface area (Å²) >= 11 is 0. The number of carbonyl (C=O) groups excluding carboxylic acids is 1. The molecule has 2 aliphatic rings. The number of hydrogen-bond acceptors (Lipinski definition) is 6. The largest absolute Gasteiger partial charge is 0.481 e. The molecule has 8 heteroatoms. The average Bonchev–Trinajstić information content (AvgIpc) is 3.46. The van der Waals surface area contributed by atoms with Crippen LogP contribution in [0.1, 0.15) is 34.0 Å². The van der Waals surface area contributed by atoms with Crippen LogP contribution < -0.4 is 4.90 Å².